The maximum atomic E-state index is 12.2. The lowest BCUT2D eigenvalue weighted by molar-refractivity contribution is -0.142. The van der Waals surface area contributed by atoms with Crippen LogP contribution in [0.4, 0.5) is 0 Å². The smallest absolute Gasteiger partial charge is 0.309 e. The van der Waals surface area contributed by atoms with Gasteiger partial charge < -0.3 is 5.11 Å². The van der Waals surface area contributed by atoms with Gasteiger partial charge in [-0.3, -0.25) is 14.4 Å². The number of carbonyl (C=O) groups is 1. The molecule has 0 fully saturated rings. The first-order chi connectivity index (χ1) is 17.3. The standard InChI is InChI=1S/C27H27N5O2S2/c1-6-20(27(33)34)24-25-31-30-17(5)32(25)26-22(14(2)16(4)36-26)23(29-24)19-10-7-18(8-11-19)9-12-21-15(3)28-13-35-21/h7-13,20,24H,6H2,1-5H3,(H,33,34)/t20?,24-/m0/s1. The highest BCUT2D eigenvalue weighted by atomic mass is 32.1. The lowest BCUT2D eigenvalue weighted by Crippen LogP contribution is -2.23. The summed E-state index contributed by atoms with van der Waals surface area (Å²) in [6.07, 6.45) is 4.60. The van der Waals surface area contributed by atoms with Crippen LogP contribution in [0.15, 0.2) is 34.8 Å². The number of hydrogen-bond acceptors (Lipinski definition) is 7. The third-order valence-electron chi connectivity index (χ3n) is 6.72. The van der Waals surface area contributed by atoms with Crippen LogP contribution in [-0.4, -0.2) is 36.5 Å². The van der Waals surface area contributed by atoms with E-state index >= 15 is 0 Å². The number of aliphatic imine (C=N–C) groups is 1. The number of rotatable bonds is 6. The van der Waals surface area contributed by atoms with Crippen LogP contribution in [0.25, 0.3) is 17.2 Å². The number of benzene rings is 1. The predicted octanol–water partition coefficient (Wildman–Crippen LogP) is 6.19. The largest absolute Gasteiger partial charge is 0.481 e. The molecule has 7 nitrogen and oxygen atoms in total. The second-order valence-corrected chi connectivity index (χ2v) is 11.0. The summed E-state index contributed by atoms with van der Waals surface area (Å²) in [6, 6.07) is 7.62. The van der Waals surface area contributed by atoms with Crippen molar-refractivity contribution in [2.75, 3.05) is 0 Å². The first-order valence-electron chi connectivity index (χ1n) is 11.8. The number of thiazole rings is 1. The highest BCUT2D eigenvalue weighted by Gasteiger charge is 2.37. The average molecular weight is 518 g/mol. The van der Waals surface area contributed by atoms with E-state index in [2.05, 4.69) is 65.4 Å². The van der Waals surface area contributed by atoms with Crippen molar-refractivity contribution < 1.29 is 9.90 Å². The molecule has 2 atom stereocenters. The molecule has 0 radical (unpaired) electrons. The van der Waals surface area contributed by atoms with Crippen LogP contribution in [-0.2, 0) is 4.79 Å². The number of aryl methyl sites for hydroxylation is 3. The van der Waals surface area contributed by atoms with E-state index in [1.807, 2.05) is 30.8 Å². The number of nitrogens with zero attached hydrogens (tertiary/aromatic N) is 5. The molecule has 9 heteroatoms. The van der Waals surface area contributed by atoms with Crippen molar-refractivity contribution in [2.45, 2.75) is 47.1 Å². The number of hydrogen-bond donors (Lipinski definition) is 1. The molecule has 0 bridgehead atoms. The van der Waals surface area contributed by atoms with E-state index in [1.165, 1.54) is 4.88 Å². The Labute approximate surface area is 217 Å². The number of aliphatic carboxylic acids is 1. The van der Waals surface area contributed by atoms with Crippen molar-refractivity contribution in [3.05, 3.63) is 79.1 Å². The van der Waals surface area contributed by atoms with Gasteiger partial charge in [0.25, 0.3) is 0 Å². The molecule has 4 heterocycles. The number of aromatic nitrogens is 4. The summed E-state index contributed by atoms with van der Waals surface area (Å²) in [5, 5.41) is 19.8. The summed E-state index contributed by atoms with van der Waals surface area (Å²) in [4.78, 5) is 24.0. The summed E-state index contributed by atoms with van der Waals surface area (Å²) in [6.45, 7) is 9.99. The summed E-state index contributed by atoms with van der Waals surface area (Å²) >= 11 is 3.29. The monoisotopic (exact) mass is 517 g/mol. The fourth-order valence-corrected chi connectivity index (χ4v) is 6.45. The summed E-state index contributed by atoms with van der Waals surface area (Å²) < 4.78 is 2.00. The van der Waals surface area contributed by atoms with Gasteiger partial charge in [-0.15, -0.1) is 32.9 Å². The Bertz CT molecular complexity index is 1510. The van der Waals surface area contributed by atoms with Gasteiger partial charge in [-0.1, -0.05) is 37.3 Å². The van der Waals surface area contributed by atoms with Crippen LogP contribution >= 0.6 is 22.7 Å². The van der Waals surface area contributed by atoms with Gasteiger partial charge in [0.2, 0.25) is 0 Å². The minimum atomic E-state index is -0.880. The van der Waals surface area contributed by atoms with Crippen LogP contribution in [0.3, 0.4) is 0 Å². The predicted molar refractivity (Wildman–Crippen MR) is 145 cm³/mol. The Balaban J connectivity index is 1.65. The van der Waals surface area contributed by atoms with E-state index in [4.69, 9.17) is 4.99 Å². The van der Waals surface area contributed by atoms with E-state index in [0.29, 0.717) is 12.2 Å². The molecule has 3 aromatic heterocycles. The zero-order chi connectivity index (χ0) is 25.6. The van der Waals surface area contributed by atoms with Crippen LogP contribution in [0, 0.1) is 33.6 Å². The molecule has 36 heavy (non-hydrogen) atoms. The number of thiophene rings is 1. The van der Waals surface area contributed by atoms with Gasteiger partial charge in [0.15, 0.2) is 5.82 Å². The molecule has 1 aliphatic rings. The molecule has 0 spiro atoms. The molecule has 5 rings (SSSR count). The minimum Gasteiger partial charge on any atom is -0.481 e. The van der Waals surface area contributed by atoms with Crippen LogP contribution in [0.2, 0.25) is 0 Å². The quantitative estimate of drug-likeness (QED) is 0.329. The Hall–Kier alpha value is -3.43. The maximum absolute atomic E-state index is 12.2. The van der Waals surface area contributed by atoms with Crippen molar-refractivity contribution in [2.24, 2.45) is 10.9 Å². The van der Waals surface area contributed by atoms with E-state index < -0.39 is 17.9 Å². The third-order valence-corrected chi connectivity index (χ3v) is 8.81. The van der Waals surface area contributed by atoms with E-state index in [1.54, 1.807) is 22.7 Å². The molecular weight excluding hydrogens is 490 g/mol. The third kappa shape index (κ3) is 4.12. The van der Waals surface area contributed by atoms with Crippen molar-refractivity contribution in [1.29, 1.82) is 0 Å². The number of carboxylic acid groups (broad SMARTS) is 1. The Morgan fingerprint density at radius 2 is 1.89 bits per heavy atom. The van der Waals surface area contributed by atoms with Gasteiger partial charge >= 0.3 is 5.97 Å². The van der Waals surface area contributed by atoms with E-state index in [-0.39, 0.29) is 0 Å². The molecule has 1 unspecified atom stereocenters. The summed E-state index contributed by atoms with van der Waals surface area (Å²) in [5.74, 6) is -0.274. The molecule has 0 saturated carbocycles. The molecule has 1 aromatic carbocycles. The summed E-state index contributed by atoms with van der Waals surface area (Å²) in [5.41, 5.74) is 7.86. The van der Waals surface area contributed by atoms with Gasteiger partial charge in [0.1, 0.15) is 16.9 Å². The van der Waals surface area contributed by atoms with Crippen molar-refractivity contribution in [3.8, 4) is 5.00 Å². The Morgan fingerprint density at radius 3 is 2.53 bits per heavy atom. The molecule has 1 N–H and O–H groups in total. The van der Waals surface area contributed by atoms with Gasteiger partial charge in [-0.25, -0.2) is 4.98 Å². The lowest BCUT2D eigenvalue weighted by Gasteiger charge is -2.18. The van der Waals surface area contributed by atoms with Crippen LogP contribution < -0.4 is 0 Å². The molecule has 0 saturated heterocycles. The topological polar surface area (TPSA) is 93.3 Å². The average Bonchev–Trinajstić information content (AvgIpc) is 3.50. The van der Waals surface area contributed by atoms with Gasteiger partial charge in [0, 0.05) is 20.9 Å². The maximum Gasteiger partial charge on any atom is 0.309 e. The SMILES string of the molecule is CCC(C(=O)O)[C@@H]1N=C(c2ccc(C=Cc3scnc3C)cc2)c2c(sc(C)c2C)-n2c(C)nnc21. The molecule has 184 valence electrons. The van der Waals surface area contributed by atoms with Crippen molar-refractivity contribution >= 4 is 46.5 Å². The molecule has 4 aromatic rings. The van der Waals surface area contributed by atoms with Crippen LogP contribution in [0.1, 0.15) is 68.7 Å². The second-order valence-electron chi connectivity index (χ2n) is 8.94. The molecular formula is C27H27N5O2S2. The normalized spacial score (nSPS) is 15.9. The van der Waals surface area contributed by atoms with E-state index in [0.717, 1.165) is 49.4 Å². The fraction of sp³-hybridized carbons (Fsp3) is 0.296. The zero-order valence-corrected chi connectivity index (χ0v) is 22.4. The minimum absolute atomic E-state index is 0.440. The number of carboxylic acids is 1. The van der Waals surface area contributed by atoms with E-state index in [9.17, 15) is 9.90 Å². The first kappa shape index (κ1) is 24.3. The van der Waals surface area contributed by atoms with Crippen molar-refractivity contribution in [1.82, 2.24) is 19.7 Å². The number of fused-ring (bicyclic) bond motifs is 3. The lowest BCUT2D eigenvalue weighted by atomic mass is 9.95. The second kappa shape index (κ2) is 9.55. The van der Waals surface area contributed by atoms with Gasteiger partial charge in [-0.05, 0) is 51.3 Å². The fourth-order valence-electron chi connectivity index (χ4n) is 4.54. The molecule has 1 aliphatic heterocycles. The molecule has 0 aliphatic carbocycles. The zero-order valence-electron chi connectivity index (χ0n) is 20.8. The molecule has 0 amide bonds. The first-order valence-corrected chi connectivity index (χ1v) is 13.5. The van der Waals surface area contributed by atoms with Gasteiger partial charge in [0.05, 0.1) is 22.8 Å². The van der Waals surface area contributed by atoms with Crippen LogP contribution in [0.5, 0.6) is 0 Å². The Kier molecular flexibility index (Phi) is 6.44. The Morgan fingerprint density at radius 1 is 1.14 bits per heavy atom. The summed E-state index contributed by atoms with van der Waals surface area (Å²) in [7, 11) is 0. The highest BCUT2D eigenvalue weighted by molar-refractivity contribution is 7.15. The van der Waals surface area contributed by atoms with Gasteiger partial charge in [-0.2, -0.15) is 0 Å². The highest BCUT2D eigenvalue weighted by Crippen LogP contribution is 2.41. The van der Waals surface area contributed by atoms with Crippen molar-refractivity contribution in [3.63, 3.8) is 0 Å².